The van der Waals surface area contributed by atoms with E-state index in [0.717, 1.165) is 0 Å². The van der Waals surface area contributed by atoms with Crippen LogP contribution in [0.15, 0.2) is 0 Å². The summed E-state index contributed by atoms with van der Waals surface area (Å²) in [7, 11) is 0. The lowest BCUT2D eigenvalue weighted by Crippen LogP contribution is -2.08. The van der Waals surface area contributed by atoms with Crippen molar-refractivity contribution in [1.82, 2.24) is 0 Å². The molecule has 0 bridgehead atoms. The maximum Gasteiger partial charge on any atom is -0.0581 e. The van der Waals surface area contributed by atoms with Gasteiger partial charge in [-0.1, -0.05) is 33.6 Å². The molecule has 0 nitrogen and oxygen atoms in total. The first-order chi connectivity index (χ1) is 3.62. The molecule has 0 fully saturated rings. The van der Waals surface area contributed by atoms with Crippen molar-refractivity contribution < 1.29 is 0 Å². The first-order valence-electron chi connectivity index (χ1n) is 3.43. The normalized spacial score (nSPS) is 12.0. The van der Waals surface area contributed by atoms with Crippen LogP contribution < -0.4 is 0 Å². The number of hydrogen-bond donors (Lipinski definition) is 0. The highest BCUT2D eigenvalue weighted by Gasteiger charge is 2.01. The molecule has 0 atom stereocenters. The SMILES string of the molecule is C[CH-]C(C)(C)CCC. The molecule has 50 valence electrons. The van der Waals surface area contributed by atoms with Gasteiger partial charge in [-0.3, -0.25) is 0 Å². The van der Waals surface area contributed by atoms with Crippen molar-refractivity contribution in [1.29, 1.82) is 0 Å². The molecule has 0 aromatic rings. The van der Waals surface area contributed by atoms with Crippen molar-refractivity contribution in [2.24, 2.45) is 5.41 Å². The molecule has 0 heterocycles. The molecular formula is C8H17-. The molecule has 0 aliphatic rings. The molecule has 0 unspecified atom stereocenters. The molecule has 0 aliphatic carbocycles. The molecule has 0 aromatic heterocycles. The second-order valence-electron chi connectivity index (χ2n) is 3.03. The van der Waals surface area contributed by atoms with Gasteiger partial charge in [-0.05, 0) is 0 Å². The summed E-state index contributed by atoms with van der Waals surface area (Å²) >= 11 is 0. The summed E-state index contributed by atoms with van der Waals surface area (Å²) in [6, 6.07) is 0. The first-order valence-corrected chi connectivity index (χ1v) is 3.43. The lowest BCUT2D eigenvalue weighted by molar-refractivity contribution is 0.396. The fraction of sp³-hybridized carbons (Fsp3) is 0.875. The number of rotatable bonds is 3. The van der Waals surface area contributed by atoms with Gasteiger partial charge in [0.25, 0.3) is 0 Å². The van der Waals surface area contributed by atoms with E-state index >= 15 is 0 Å². The van der Waals surface area contributed by atoms with Crippen LogP contribution in [0, 0.1) is 11.8 Å². The Kier molecular flexibility index (Phi) is 3.11. The fourth-order valence-electron chi connectivity index (χ4n) is 0.789. The van der Waals surface area contributed by atoms with Gasteiger partial charge in [0.2, 0.25) is 0 Å². The third-order valence-corrected chi connectivity index (χ3v) is 1.68. The molecule has 0 saturated carbocycles. The number of hydrogen-bond acceptors (Lipinski definition) is 0. The maximum atomic E-state index is 2.27. The van der Waals surface area contributed by atoms with Crippen molar-refractivity contribution in [3.8, 4) is 0 Å². The average Bonchev–Trinajstić information content (AvgIpc) is 1.67. The maximum absolute atomic E-state index is 2.27. The third kappa shape index (κ3) is 3.06. The lowest BCUT2D eigenvalue weighted by Gasteiger charge is -2.31. The van der Waals surface area contributed by atoms with Crippen molar-refractivity contribution in [2.45, 2.75) is 40.5 Å². The quantitative estimate of drug-likeness (QED) is 0.493. The lowest BCUT2D eigenvalue weighted by atomic mass is 9.86. The Bertz CT molecular complexity index is 53.1. The molecule has 0 radical (unpaired) electrons. The Balaban J connectivity index is 3.37. The Labute approximate surface area is 53.3 Å². The first kappa shape index (κ1) is 8.00. The van der Waals surface area contributed by atoms with E-state index in [0.29, 0.717) is 5.41 Å². The van der Waals surface area contributed by atoms with Crippen LogP contribution in [0.25, 0.3) is 0 Å². The molecule has 0 heteroatoms. The Hall–Kier alpha value is 0. The van der Waals surface area contributed by atoms with Crippen LogP contribution in [0.2, 0.25) is 0 Å². The topological polar surface area (TPSA) is 0 Å². The highest BCUT2D eigenvalue weighted by molar-refractivity contribution is 4.79. The van der Waals surface area contributed by atoms with E-state index in [1.54, 1.807) is 0 Å². The molecule has 0 amide bonds. The van der Waals surface area contributed by atoms with Gasteiger partial charge in [0.05, 0.1) is 0 Å². The predicted molar refractivity (Wildman–Crippen MR) is 38.7 cm³/mol. The Morgan fingerprint density at radius 1 is 1.38 bits per heavy atom. The molecule has 0 saturated heterocycles. The minimum atomic E-state index is 0.467. The van der Waals surface area contributed by atoms with Crippen LogP contribution in [-0.4, -0.2) is 0 Å². The van der Waals surface area contributed by atoms with Gasteiger partial charge in [0.15, 0.2) is 0 Å². The minimum Gasteiger partial charge on any atom is -0.326 e. The van der Waals surface area contributed by atoms with Crippen LogP contribution in [-0.2, 0) is 0 Å². The summed E-state index contributed by atoms with van der Waals surface area (Å²) in [4.78, 5) is 0. The van der Waals surface area contributed by atoms with E-state index in [1.165, 1.54) is 12.8 Å². The van der Waals surface area contributed by atoms with Crippen LogP contribution in [0.1, 0.15) is 40.5 Å². The van der Waals surface area contributed by atoms with Crippen molar-refractivity contribution >= 4 is 0 Å². The van der Waals surface area contributed by atoms with Gasteiger partial charge >= 0.3 is 0 Å². The standard InChI is InChI=1S/C8H17/c1-5-7-8(3,4)6-2/h6H,5,7H2,1-4H3/q-1. The van der Waals surface area contributed by atoms with Crippen LogP contribution in [0.3, 0.4) is 0 Å². The molecule has 0 spiro atoms. The van der Waals surface area contributed by atoms with E-state index in [2.05, 4.69) is 34.1 Å². The molecule has 8 heavy (non-hydrogen) atoms. The van der Waals surface area contributed by atoms with Crippen molar-refractivity contribution in [3.05, 3.63) is 6.42 Å². The van der Waals surface area contributed by atoms with E-state index < -0.39 is 0 Å². The molecule has 0 aliphatic heterocycles. The zero-order valence-corrected chi connectivity index (χ0v) is 6.49. The second kappa shape index (κ2) is 3.11. The van der Waals surface area contributed by atoms with Crippen molar-refractivity contribution in [2.75, 3.05) is 0 Å². The van der Waals surface area contributed by atoms with E-state index in [1.807, 2.05) is 0 Å². The van der Waals surface area contributed by atoms with Gasteiger partial charge in [-0.2, -0.15) is 12.3 Å². The fourth-order valence-corrected chi connectivity index (χ4v) is 0.789. The van der Waals surface area contributed by atoms with Gasteiger partial charge in [-0.15, -0.1) is 0 Å². The van der Waals surface area contributed by atoms with E-state index in [4.69, 9.17) is 0 Å². The average molecular weight is 113 g/mol. The highest BCUT2D eigenvalue weighted by atomic mass is 14.2. The summed E-state index contributed by atoms with van der Waals surface area (Å²) in [5, 5.41) is 0. The summed E-state index contributed by atoms with van der Waals surface area (Å²) < 4.78 is 0. The van der Waals surface area contributed by atoms with Gasteiger partial charge in [0, 0.05) is 0 Å². The minimum absolute atomic E-state index is 0.467. The Morgan fingerprint density at radius 3 is 2.00 bits per heavy atom. The summed E-state index contributed by atoms with van der Waals surface area (Å²) in [5.74, 6) is 0. The molecule has 0 aromatic carbocycles. The van der Waals surface area contributed by atoms with Crippen molar-refractivity contribution in [3.63, 3.8) is 0 Å². The van der Waals surface area contributed by atoms with Crippen LogP contribution >= 0.6 is 0 Å². The van der Waals surface area contributed by atoms with Gasteiger partial charge < -0.3 is 6.42 Å². The molecular weight excluding hydrogens is 96.1 g/mol. The molecule has 0 rings (SSSR count). The smallest absolute Gasteiger partial charge is 0.0581 e. The zero-order chi connectivity index (χ0) is 6.62. The monoisotopic (exact) mass is 113 g/mol. The summed E-state index contributed by atoms with van der Waals surface area (Å²) in [6.07, 6.45) is 4.87. The van der Waals surface area contributed by atoms with Gasteiger partial charge in [-0.25, -0.2) is 0 Å². The van der Waals surface area contributed by atoms with E-state index in [-0.39, 0.29) is 0 Å². The third-order valence-electron chi connectivity index (χ3n) is 1.68. The summed E-state index contributed by atoms with van der Waals surface area (Å²) in [5.41, 5.74) is 0.467. The Morgan fingerprint density at radius 2 is 1.88 bits per heavy atom. The predicted octanol–water partition coefficient (Wildman–Crippen LogP) is 3.04. The zero-order valence-electron chi connectivity index (χ0n) is 6.49. The largest absolute Gasteiger partial charge is 0.326 e. The summed E-state index contributed by atoms with van der Waals surface area (Å²) in [6.45, 7) is 8.91. The van der Waals surface area contributed by atoms with Gasteiger partial charge in [0.1, 0.15) is 0 Å². The van der Waals surface area contributed by atoms with E-state index in [9.17, 15) is 0 Å². The highest BCUT2D eigenvalue weighted by Crippen LogP contribution is 2.24. The van der Waals surface area contributed by atoms with Crippen LogP contribution in [0.4, 0.5) is 0 Å². The van der Waals surface area contributed by atoms with Crippen LogP contribution in [0.5, 0.6) is 0 Å². The second-order valence-corrected chi connectivity index (χ2v) is 3.03. The molecule has 0 N–H and O–H groups in total.